The van der Waals surface area contributed by atoms with Crippen LogP contribution in [0, 0.1) is 17.1 Å². The molecule has 3 aromatic rings. The topological polar surface area (TPSA) is 124 Å². The Morgan fingerprint density at radius 3 is 2.79 bits per heavy atom. The van der Waals surface area contributed by atoms with Crippen LogP contribution in [0.25, 0.3) is 11.3 Å². The summed E-state index contributed by atoms with van der Waals surface area (Å²) >= 11 is 0. The number of carbonyl (C=O) groups is 2. The van der Waals surface area contributed by atoms with Crippen LogP contribution < -0.4 is 28.8 Å². The van der Waals surface area contributed by atoms with Gasteiger partial charge in [-0.25, -0.2) is 9.37 Å². The van der Waals surface area contributed by atoms with Gasteiger partial charge in [-0.3, -0.25) is 9.59 Å². The minimum Gasteiger partial charge on any atom is -1.00 e. The van der Waals surface area contributed by atoms with E-state index in [2.05, 4.69) is 16.7 Å². The highest BCUT2D eigenvalue weighted by Crippen LogP contribution is 2.25. The van der Waals surface area contributed by atoms with E-state index >= 15 is 0 Å². The molecule has 2 aromatic carbocycles. The van der Waals surface area contributed by atoms with E-state index in [1.54, 1.807) is 35.2 Å². The molecule has 1 aliphatic rings. The Labute approximate surface area is 235 Å². The summed E-state index contributed by atoms with van der Waals surface area (Å²) in [6.45, 7) is 1.83. The maximum Gasteiger partial charge on any atom is 1.00 e. The molecule has 39 heavy (non-hydrogen) atoms. The summed E-state index contributed by atoms with van der Waals surface area (Å²) in [5.74, 6) is -0.170. The lowest BCUT2D eigenvalue weighted by molar-refractivity contribution is -0.128. The predicted octanol–water partition coefficient (Wildman–Crippen LogP) is 0.600. The second-order valence-electron chi connectivity index (χ2n) is 9.19. The molecule has 1 fully saturated rings. The van der Waals surface area contributed by atoms with Crippen molar-refractivity contribution < 1.29 is 27.8 Å². The van der Waals surface area contributed by atoms with Crippen molar-refractivity contribution in [1.29, 1.82) is 5.26 Å². The number of anilines is 1. The number of amides is 2. The van der Waals surface area contributed by atoms with Crippen LogP contribution in [0.4, 0.5) is 10.2 Å². The summed E-state index contributed by atoms with van der Waals surface area (Å²) in [5.41, 5.74) is 8.47. The number of rotatable bonds is 11. The zero-order valence-corrected chi connectivity index (χ0v) is 22.3. The molecule has 10 heteroatoms. The maximum absolute atomic E-state index is 13.6. The highest BCUT2D eigenvalue weighted by atomic mass is 35.5. The Kier molecular flexibility index (Phi) is 10.8. The Morgan fingerprint density at radius 2 is 2.03 bits per heavy atom. The molecule has 204 valence electrons. The van der Waals surface area contributed by atoms with Crippen LogP contribution in [0.1, 0.15) is 42.2 Å². The van der Waals surface area contributed by atoms with Crippen molar-refractivity contribution in [2.45, 2.75) is 31.7 Å². The summed E-state index contributed by atoms with van der Waals surface area (Å²) in [4.78, 5) is 32.0. The van der Waals surface area contributed by atoms with Gasteiger partial charge in [0.15, 0.2) is 0 Å². The summed E-state index contributed by atoms with van der Waals surface area (Å²) in [6, 6.07) is 19.0. The quantitative estimate of drug-likeness (QED) is 0.321. The van der Waals surface area contributed by atoms with Gasteiger partial charge in [-0.15, -0.1) is 0 Å². The first kappa shape index (κ1) is 29.6. The molecule has 1 aliphatic heterocycles. The lowest BCUT2D eigenvalue weighted by Gasteiger charge is -2.25. The first-order chi connectivity index (χ1) is 18.5. The number of nitrogens with one attached hydrogen (secondary N) is 2. The van der Waals surface area contributed by atoms with Gasteiger partial charge in [0.25, 0.3) is 5.91 Å². The standard InChI is InChI=1S/C29H31FN6O2.ClH/c30-22-7-3-5-20(17-22)13-15-33-28-25(10-11-26(35-28)24-8-2-1-6-21(24)18-32)29(38)34-19-23-9-12-27(37)36(23)16-4-14-31;/h1-3,5-8,10-11,17,23H,4,9,12-16,19,31H2,(H,33,35)(H,34,38);1H/t23-;/m1./s1. The minimum atomic E-state index is -0.316. The molecule has 1 aromatic heterocycles. The smallest absolute Gasteiger partial charge is 1.00 e. The maximum atomic E-state index is 13.6. The summed E-state index contributed by atoms with van der Waals surface area (Å²) < 4.78 is 13.6. The number of nitrogens with zero attached hydrogens (tertiary/aromatic N) is 3. The molecule has 8 nitrogen and oxygen atoms in total. The zero-order valence-electron chi connectivity index (χ0n) is 22.5. The van der Waals surface area contributed by atoms with Crippen LogP contribution >= 0.6 is 0 Å². The fraction of sp³-hybridized carbons (Fsp3) is 0.310. The van der Waals surface area contributed by atoms with Crippen LogP contribution in [0.5, 0.6) is 0 Å². The molecule has 0 saturated carbocycles. The highest BCUT2D eigenvalue weighted by Gasteiger charge is 2.30. The van der Waals surface area contributed by atoms with Gasteiger partial charge in [-0.1, -0.05) is 30.3 Å². The van der Waals surface area contributed by atoms with E-state index in [1.807, 2.05) is 18.2 Å². The normalized spacial score (nSPS) is 14.4. The van der Waals surface area contributed by atoms with E-state index in [0.29, 0.717) is 80.1 Å². The molecule has 4 N–H and O–H groups in total. The molecule has 0 unspecified atom stereocenters. The van der Waals surface area contributed by atoms with Crippen molar-refractivity contribution >= 4 is 17.6 Å². The average molecular weight is 551 g/mol. The number of carbonyl (C=O) groups excluding carboxylic acids is 2. The van der Waals surface area contributed by atoms with Crippen LogP contribution in [0.15, 0.2) is 60.7 Å². The number of hydrogen-bond acceptors (Lipinski definition) is 6. The number of hydrogen-bond donors (Lipinski definition) is 3. The summed E-state index contributed by atoms with van der Waals surface area (Å²) in [7, 11) is 0. The third-order valence-electron chi connectivity index (χ3n) is 6.61. The number of nitriles is 1. The van der Waals surface area contributed by atoms with Crippen molar-refractivity contribution in [3.05, 3.63) is 83.2 Å². The van der Waals surface area contributed by atoms with Gasteiger partial charge in [0.05, 0.1) is 22.9 Å². The van der Waals surface area contributed by atoms with Gasteiger partial charge < -0.3 is 33.7 Å². The van der Waals surface area contributed by atoms with E-state index in [0.717, 1.165) is 5.56 Å². The van der Waals surface area contributed by atoms with Crippen LogP contribution in [0.2, 0.25) is 0 Å². The fourth-order valence-corrected chi connectivity index (χ4v) is 4.63. The van der Waals surface area contributed by atoms with Gasteiger partial charge in [-0.05, 0) is 61.7 Å². The van der Waals surface area contributed by atoms with Crippen LogP contribution in [0.3, 0.4) is 0 Å². The van der Waals surface area contributed by atoms with Gasteiger partial charge >= 0.3 is 1.43 Å². The fourth-order valence-electron chi connectivity index (χ4n) is 4.63. The van der Waals surface area contributed by atoms with Crippen molar-refractivity contribution in [2.75, 3.05) is 31.5 Å². The van der Waals surface area contributed by atoms with E-state index in [1.165, 1.54) is 12.1 Å². The second-order valence-corrected chi connectivity index (χ2v) is 9.19. The molecule has 2 amide bonds. The van der Waals surface area contributed by atoms with Gasteiger partial charge in [-0.2, -0.15) is 5.26 Å². The number of nitrogens with two attached hydrogens (primary N) is 1. The lowest BCUT2D eigenvalue weighted by Crippen LogP contribution is -3.00. The van der Waals surface area contributed by atoms with Crippen LogP contribution in [-0.2, 0) is 11.2 Å². The summed E-state index contributed by atoms with van der Waals surface area (Å²) in [6.07, 6.45) is 2.39. The molecule has 1 saturated heterocycles. The molecule has 0 bridgehead atoms. The first-order valence-electron chi connectivity index (χ1n) is 12.8. The Hall–Kier alpha value is -4.00. The minimum absolute atomic E-state index is 0. The van der Waals surface area contributed by atoms with Gasteiger partial charge in [0.1, 0.15) is 11.6 Å². The number of benzene rings is 2. The van der Waals surface area contributed by atoms with Crippen molar-refractivity contribution in [3.8, 4) is 17.3 Å². The number of halogens is 2. The summed E-state index contributed by atoms with van der Waals surface area (Å²) in [5, 5.41) is 15.7. The average Bonchev–Trinajstić information content (AvgIpc) is 3.29. The lowest BCUT2D eigenvalue weighted by atomic mass is 10.0. The highest BCUT2D eigenvalue weighted by molar-refractivity contribution is 5.99. The molecule has 0 spiro atoms. The van der Waals surface area contributed by atoms with E-state index in [-0.39, 0.29) is 37.5 Å². The van der Waals surface area contributed by atoms with Crippen LogP contribution in [-0.4, -0.2) is 53.9 Å². The molecule has 0 aliphatic carbocycles. The zero-order chi connectivity index (χ0) is 26.9. The third-order valence-corrected chi connectivity index (χ3v) is 6.61. The molecular formula is C29H32ClFN6O2. The van der Waals surface area contributed by atoms with Crippen molar-refractivity contribution in [3.63, 3.8) is 0 Å². The van der Waals surface area contributed by atoms with Gasteiger partial charge in [0, 0.05) is 37.7 Å². The number of pyridine rings is 1. The molecular weight excluding hydrogens is 519 g/mol. The monoisotopic (exact) mass is 550 g/mol. The Balaban J connectivity index is 0.00000280. The van der Waals surface area contributed by atoms with E-state index < -0.39 is 0 Å². The molecule has 2 heterocycles. The SMILES string of the molecule is N#Cc1ccccc1-c1ccc(C(=O)NC[C@H]2CCC(=O)N2CCCN)c(NCCc2cccc(F)c2)n1.[Cl-].[H+]. The second kappa shape index (κ2) is 14.2. The Morgan fingerprint density at radius 1 is 1.21 bits per heavy atom. The third kappa shape index (κ3) is 7.53. The molecule has 1 atom stereocenters. The number of likely N-dealkylation sites (tertiary alicyclic amines) is 1. The first-order valence-corrected chi connectivity index (χ1v) is 12.8. The predicted molar refractivity (Wildman–Crippen MR) is 145 cm³/mol. The number of aromatic nitrogens is 1. The molecule has 4 rings (SSSR count). The van der Waals surface area contributed by atoms with Crippen molar-refractivity contribution in [1.82, 2.24) is 15.2 Å². The Bertz CT molecular complexity index is 1350. The van der Waals surface area contributed by atoms with E-state index in [4.69, 9.17) is 10.7 Å². The largest absolute Gasteiger partial charge is 1.00 e. The molecule has 0 radical (unpaired) electrons. The van der Waals surface area contributed by atoms with E-state index in [9.17, 15) is 19.2 Å². The van der Waals surface area contributed by atoms with Crippen molar-refractivity contribution in [2.24, 2.45) is 5.73 Å². The van der Waals surface area contributed by atoms with Gasteiger partial charge in [0.2, 0.25) is 5.91 Å².